The number of para-hydroxylation sites is 1. The van der Waals surface area contributed by atoms with Gasteiger partial charge in [-0.1, -0.05) is 18.2 Å². The molecule has 1 spiro atoms. The lowest BCUT2D eigenvalue weighted by atomic mass is 9.85. The normalized spacial score (nSPS) is 27.9. The molecule has 2 fully saturated rings. The number of hydrogen-bond donors (Lipinski definition) is 1. The maximum atomic E-state index is 13.2. The molecule has 2 aliphatic rings. The number of nitrogens with zero attached hydrogens (tertiary/aromatic N) is 2. The zero-order valence-electron chi connectivity index (χ0n) is 12.7. The van der Waals surface area contributed by atoms with Crippen LogP contribution >= 0.6 is 0 Å². The molecule has 1 aromatic carbocycles. The molecule has 2 aliphatic heterocycles. The number of carbonyl (C=O) groups excluding carboxylic acids is 2. The lowest BCUT2D eigenvalue weighted by Gasteiger charge is -2.26. The third-order valence-electron chi connectivity index (χ3n) is 4.63. The second kappa shape index (κ2) is 4.96. The summed E-state index contributed by atoms with van der Waals surface area (Å²) in [6.45, 7) is 1.12. The van der Waals surface area contributed by atoms with Gasteiger partial charge in [-0.3, -0.25) is 4.79 Å². The molecule has 6 heteroatoms. The second-order valence-corrected chi connectivity index (χ2v) is 6.14. The van der Waals surface area contributed by atoms with Crippen molar-refractivity contribution < 1.29 is 14.0 Å². The van der Waals surface area contributed by atoms with E-state index in [1.807, 2.05) is 36.2 Å². The van der Waals surface area contributed by atoms with Crippen LogP contribution in [0, 0.1) is 0 Å². The predicted octanol–water partition coefficient (Wildman–Crippen LogP) is 1.80. The molecular formula is C17H17N3O3. The quantitative estimate of drug-likeness (QED) is 0.859. The Balaban J connectivity index is 1.76. The highest BCUT2D eigenvalue weighted by molar-refractivity contribution is 6.24. The van der Waals surface area contributed by atoms with E-state index >= 15 is 0 Å². The Morgan fingerprint density at radius 1 is 1.17 bits per heavy atom. The van der Waals surface area contributed by atoms with E-state index in [0.717, 1.165) is 5.76 Å². The molecule has 2 atom stereocenters. The maximum absolute atomic E-state index is 13.2. The Morgan fingerprint density at radius 3 is 2.65 bits per heavy atom. The van der Waals surface area contributed by atoms with Gasteiger partial charge in [0.1, 0.15) is 11.3 Å². The minimum absolute atomic E-state index is 0.201. The van der Waals surface area contributed by atoms with Gasteiger partial charge >= 0.3 is 6.03 Å². The summed E-state index contributed by atoms with van der Waals surface area (Å²) in [5.74, 6) is 0.296. The van der Waals surface area contributed by atoms with E-state index in [2.05, 4.69) is 5.32 Å². The van der Waals surface area contributed by atoms with Gasteiger partial charge in [-0.05, 0) is 31.3 Å². The van der Waals surface area contributed by atoms with E-state index in [1.165, 1.54) is 4.90 Å². The van der Waals surface area contributed by atoms with E-state index in [4.69, 9.17) is 4.42 Å². The molecular weight excluding hydrogens is 294 g/mol. The fourth-order valence-corrected chi connectivity index (χ4v) is 3.64. The van der Waals surface area contributed by atoms with E-state index in [1.54, 1.807) is 24.5 Å². The molecule has 3 amide bonds. The van der Waals surface area contributed by atoms with Gasteiger partial charge in [0.15, 0.2) is 0 Å². The SMILES string of the molecule is CN1C[C@@H](c2ccco2)[C@]2(C1)NC(=O)N(c1ccccc1)C2=O. The number of amides is 3. The number of imide groups is 1. The topological polar surface area (TPSA) is 65.8 Å². The summed E-state index contributed by atoms with van der Waals surface area (Å²) in [7, 11) is 1.94. The van der Waals surface area contributed by atoms with Crippen molar-refractivity contribution in [3.8, 4) is 0 Å². The van der Waals surface area contributed by atoms with E-state index < -0.39 is 5.54 Å². The minimum atomic E-state index is -0.973. The molecule has 118 valence electrons. The highest BCUT2D eigenvalue weighted by Crippen LogP contribution is 2.41. The number of nitrogens with one attached hydrogen (secondary N) is 1. The van der Waals surface area contributed by atoms with Gasteiger partial charge < -0.3 is 14.6 Å². The zero-order chi connectivity index (χ0) is 16.0. The molecule has 23 heavy (non-hydrogen) atoms. The number of carbonyl (C=O) groups is 2. The number of anilines is 1. The van der Waals surface area contributed by atoms with Gasteiger partial charge in [0.05, 0.1) is 17.9 Å². The molecule has 6 nitrogen and oxygen atoms in total. The van der Waals surface area contributed by atoms with Crippen LogP contribution in [0.2, 0.25) is 0 Å². The van der Waals surface area contributed by atoms with Gasteiger partial charge in [0.25, 0.3) is 5.91 Å². The van der Waals surface area contributed by atoms with Crippen molar-refractivity contribution in [2.24, 2.45) is 0 Å². The van der Waals surface area contributed by atoms with Crippen LogP contribution in [0.3, 0.4) is 0 Å². The number of likely N-dealkylation sites (N-methyl/N-ethyl adjacent to an activating group) is 1. The average molecular weight is 311 g/mol. The summed E-state index contributed by atoms with van der Waals surface area (Å²) in [6, 6.07) is 12.3. The van der Waals surface area contributed by atoms with Gasteiger partial charge in [0, 0.05) is 13.1 Å². The third kappa shape index (κ3) is 1.98. The zero-order valence-corrected chi connectivity index (χ0v) is 12.7. The van der Waals surface area contributed by atoms with Crippen molar-refractivity contribution in [1.82, 2.24) is 10.2 Å². The van der Waals surface area contributed by atoms with Crippen LogP contribution in [0.4, 0.5) is 10.5 Å². The average Bonchev–Trinajstić information content (AvgIpc) is 3.21. The Bertz CT molecular complexity index is 744. The van der Waals surface area contributed by atoms with Crippen LogP contribution < -0.4 is 10.2 Å². The maximum Gasteiger partial charge on any atom is 0.329 e. The fraction of sp³-hybridized carbons (Fsp3) is 0.294. The largest absolute Gasteiger partial charge is 0.469 e. The molecule has 3 heterocycles. The molecule has 4 rings (SSSR count). The van der Waals surface area contributed by atoms with Gasteiger partial charge in [0.2, 0.25) is 0 Å². The smallest absolute Gasteiger partial charge is 0.329 e. The minimum Gasteiger partial charge on any atom is -0.469 e. The molecule has 2 aromatic rings. The van der Waals surface area contributed by atoms with Crippen LogP contribution in [-0.2, 0) is 4.79 Å². The monoisotopic (exact) mass is 311 g/mol. The van der Waals surface area contributed by atoms with Gasteiger partial charge in [-0.15, -0.1) is 0 Å². The third-order valence-corrected chi connectivity index (χ3v) is 4.63. The Morgan fingerprint density at radius 2 is 1.96 bits per heavy atom. The van der Waals surface area contributed by atoms with Crippen molar-refractivity contribution in [1.29, 1.82) is 0 Å². The molecule has 2 saturated heterocycles. The lowest BCUT2D eigenvalue weighted by molar-refractivity contribution is -0.122. The number of furan rings is 1. The van der Waals surface area contributed by atoms with Crippen LogP contribution in [0.15, 0.2) is 53.1 Å². The van der Waals surface area contributed by atoms with Crippen LogP contribution in [0.1, 0.15) is 11.7 Å². The van der Waals surface area contributed by atoms with Crippen LogP contribution in [-0.4, -0.2) is 42.5 Å². The Kier molecular flexibility index (Phi) is 3.02. The van der Waals surface area contributed by atoms with Gasteiger partial charge in [-0.25, -0.2) is 9.69 Å². The summed E-state index contributed by atoms with van der Waals surface area (Å²) in [4.78, 5) is 29.0. The lowest BCUT2D eigenvalue weighted by Crippen LogP contribution is -2.52. The first-order valence-corrected chi connectivity index (χ1v) is 7.55. The number of hydrogen-bond acceptors (Lipinski definition) is 4. The van der Waals surface area contributed by atoms with Crippen LogP contribution in [0.5, 0.6) is 0 Å². The summed E-state index contributed by atoms with van der Waals surface area (Å²) < 4.78 is 5.53. The van der Waals surface area contributed by atoms with Crippen molar-refractivity contribution in [2.75, 3.05) is 25.0 Å². The van der Waals surface area contributed by atoms with Crippen molar-refractivity contribution >= 4 is 17.6 Å². The van der Waals surface area contributed by atoms with Gasteiger partial charge in [-0.2, -0.15) is 0 Å². The highest BCUT2D eigenvalue weighted by Gasteiger charge is 2.61. The molecule has 0 aliphatic carbocycles. The number of urea groups is 1. The van der Waals surface area contributed by atoms with Crippen LogP contribution in [0.25, 0.3) is 0 Å². The molecule has 0 bridgehead atoms. The number of benzene rings is 1. The van der Waals surface area contributed by atoms with Crippen molar-refractivity contribution in [2.45, 2.75) is 11.5 Å². The Labute approximate surface area is 133 Å². The molecule has 0 unspecified atom stereocenters. The summed E-state index contributed by atoms with van der Waals surface area (Å²) in [5, 5.41) is 2.93. The molecule has 0 radical (unpaired) electrons. The first-order chi connectivity index (χ1) is 11.1. The summed E-state index contributed by atoms with van der Waals surface area (Å²) in [5.41, 5.74) is -0.390. The van der Waals surface area contributed by atoms with E-state index in [0.29, 0.717) is 18.8 Å². The predicted molar refractivity (Wildman–Crippen MR) is 84.1 cm³/mol. The summed E-state index contributed by atoms with van der Waals surface area (Å²) >= 11 is 0. The number of rotatable bonds is 2. The summed E-state index contributed by atoms with van der Waals surface area (Å²) in [6.07, 6.45) is 1.59. The van der Waals surface area contributed by atoms with E-state index in [9.17, 15) is 9.59 Å². The van der Waals surface area contributed by atoms with E-state index in [-0.39, 0.29) is 17.9 Å². The second-order valence-electron chi connectivity index (χ2n) is 6.14. The first kappa shape index (κ1) is 14.0. The molecule has 1 aromatic heterocycles. The van der Waals surface area contributed by atoms with Crippen molar-refractivity contribution in [3.63, 3.8) is 0 Å². The number of likely N-dealkylation sites (tertiary alicyclic amines) is 1. The fourth-order valence-electron chi connectivity index (χ4n) is 3.64. The standard InChI is InChI=1S/C17H17N3O3/c1-19-10-13(14-8-5-9-23-14)17(11-19)15(21)20(16(22)18-17)12-6-3-2-4-7-12/h2-9,13H,10-11H2,1H3,(H,18,22)/t13-,17-/m0/s1. The molecule has 1 N–H and O–H groups in total. The molecule has 0 saturated carbocycles. The van der Waals surface area contributed by atoms with Crippen molar-refractivity contribution in [3.05, 3.63) is 54.5 Å². The Hall–Kier alpha value is -2.60. The first-order valence-electron chi connectivity index (χ1n) is 7.55. The highest BCUT2D eigenvalue weighted by atomic mass is 16.3.